The predicted octanol–water partition coefficient (Wildman–Crippen LogP) is 4.22. The van der Waals surface area contributed by atoms with E-state index in [1.54, 1.807) is 31.1 Å². The van der Waals surface area contributed by atoms with E-state index in [9.17, 15) is 0 Å². The van der Waals surface area contributed by atoms with E-state index in [0.717, 1.165) is 55.6 Å². The molecule has 0 saturated heterocycles. The smallest absolute Gasteiger partial charge is 0.116 e. The monoisotopic (exact) mass is 379 g/mol. The lowest BCUT2D eigenvalue weighted by molar-refractivity contribution is 0.568. The first-order valence-electron chi connectivity index (χ1n) is 8.96. The van der Waals surface area contributed by atoms with E-state index in [0.29, 0.717) is 0 Å². The van der Waals surface area contributed by atoms with Gasteiger partial charge in [0.2, 0.25) is 0 Å². The third-order valence-corrected chi connectivity index (χ3v) is 4.94. The minimum Gasteiger partial charge on any atom is -0.472 e. The van der Waals surface area contributed by atoms with Crippen LogP contribution in [0.2, 0.25) is 0 Å². The third kappa shape index (κ3) is 2.50. The summed E-state index contributed by atoms with van der Waals surface area (Å²) in [7, 11) is 0. The van der Waals surface area contributed by atoms with Crippen LogP contribution < -0.4 is 0 Å². The fourth-order valence-corrected chi connectivity index (χ4v) is 3.54. The summed E-state index contributed by atoms with van der Waals surface area (Å²) in [5, 5.41) is 9.59. The fraction of sp³-hybridized carbons (Fsp3) is 0. The Hall–Kier alpha value is -4.33. The van der Waals surface area contributed by atoms with E-state index < -0.39 is 0 Å². The van der Waals surface area contributed by atoms with Gasteiger partial charge in [0.25, 0.3) is 0 Å². The standard InChI is InChI=1S/C21H13N7O/c1-2-29-10-12(1)16-7-22-8-19-14(16)3-18(26-19)21-15-4-17(13-5-23-11-24-6-13)25-9-20(15)27-28-21/h1-11,26H,(H,27,28). The van der Waals surface area contributed by atoms with Crippen molar-refractivity contribution in [2.75, 3.05) is 0 Å². The Morgan fingerprint density at radius 1 is 0.828 bits per heavy atom. The van der Waals surface area contributed by atoms with Crippen molar-refractivity contribution in [1.29, 1.82) is 0 Å². The van der Waals surface area contributed by atoms with Crippen LogP contribution in [0.5, 0.6) is 0 Å². The molecule has 8 nitrogen and oxygen atoms in total. The number of aromatic nitrogens is 7. The van der Waals surface area contributed by atoms with Crippen LogP contribution in [0.1, 0.15) is 0 Å². The second-order valence-corrected chi connectivity index (χ2v) is 6.66. The highest BCUT2D eigenvalue weighted by molar-refractivity contribution is 6.00. The zero-order chi connectivity index (χ0) is 19.2. The zero-order valence-electron chi connectivity index (χ0n) is 15.0. The van der Waals surface area contributed by atoms with Crippen LogP contribution in [0.4, 0.5) is 0 Å². The second kappa shape index (κ2) is 6.10. The maximum Gasteiger partial charge on any atom is 0.116 e. The van der Waals surface area contributed by atoms with E-state index in [1.807, 2.05) is 24.5 Å². The minimum atomic E-state index is 0.789. The maximum absolute atomic E-state index is 5.24. The van der Waals surface area contributed by atoms with E-state index >= 15 is 0 Å². The first kappa shape index (κ1) is 15.7. The van der Waals surface area contributed by atoms with Crippen LogP contribution in [0.25, 0.3) is 55.6 Å². The SMILES string of the molecule is c1ncc(-c2cc3c(-c4cc5c(-c6ccoc6)cncc5[nH]4)n[nH]c3cn2)cn1. The lowest BCUT2D eigenvalue weighted by Gasteiger charge is -2.00. The molecule has 0 amide bonds. The Balaban J connectivity index is 1.53. The Labute approximate surface area is 163 Å². The average molecular weight is 379 g/mol. The van der Waals surface area contributed by atoms with Crippen molar-refractivity contribution < 1.29 is 4.42 Å². The van der Waals surface area contributed by atoms with Gasteiger partial charge in [-0.05, 0) is 18.2 Å². The molecule has 0 aliphatic rings. The maximum atomic E-state index is 5.24. The molecule has 0 aromatic carbocycles. The van der Waals surface area contributed by atoms with Crippen LogP contribution in [0.15, 0.2) is 72.5 Å². The second-order valence-electron chi connectivity index (χ2n) is 6.66. The van der Waals surface area contributed by atoms with Crippen LogP contribution in [0.3, 0.4) is 0 Å². The van der Waals surface area contributed by atoms with Gasteiger partial charge < -0.3 is 9.40 Å². The van der Waals surface area contributed by atoms with Gasteiger partial charge in [0.15, 0.2) is 0 Å². The fourth-order valence-electron chi connectivity index (χ4n) is 3.54. The molecule has 6 heterocycles. The van der Waals surface area contributed by atoms with E-state index in [2.05, 4.69) is 41.2 Å². The highest BCUT2D eigenvalue weighted by atomic mass is 16.3. The van der Waals surface area contributed by atoms with Crippen molar-refractivity contribution in [2.45, 2.75) is 0 Å². The average Bonchev–Trinajstić information content (AvgIpc) is 3.52. The van der Waals surface area contributed by atoms with Crippen molar-refractivity contribution in [2.24, 2.45) is 0 Å². The molecule has 0 atom stereocenters. The summed E-state index contributed by atoms with van der Waals surface area (Å²) in [5.74, 6) is 0. The summed E-state index contributed by atoms with van der Waals surface area (Å²) in [6, 6.07) is 6.00. The first-order valence-corrected chi connectivity index (χ1v) is 8.96. The molecule has 2 N–H and O–H groups in total. The van der Waals surface area contributed by atoms with Gasteiger partial charge in [-0.2, -0.15) is 5.10 Å². The van der Waals surface area contributed by atoms with Gasteiger partial charge in [-0.25, -0.2) is 9.97 Å². The molecular weight excluding hydrogens is 366 g/mol. The van der Waals surface area contributed by atoms with Crippen LogP contribution in [0, 0.1) is 0 Å². The van der Waals surface area contributed by atoms with Crippen molar-refractivity contribution in [3.05, 3.63) is 68.0 Å². The Morgan fingerprint density at radius 3 is 2.62 bits per heavy atom. The summed E-state index contributed by atoms with van der Waals surface area (Å²) in [4.78, 5) is 20.4. The highest BCUT2D eigenvalue weighted by Gasteiger charge is 2.15. The normalized spacial score (nSPS) is 11.4. The lowest BCUT2D eigenvalue weighted by Crippen LogP contribution is -1.86. The van der Waals surface area contributed by atoms with Crippen molar-refractivity contribution in [3.8, 4) is 33.8 Å². The van der Waals surface area contributed by atoms with Gasteiger partial charge >= 0.3 is 0 Å². The Morgan fingerprint density at radius 2 is 1.76 bits per heavy atom. The number of H-pyrrole nitrogens is 2. The molecule has 0 aliphatic carbocycles. The Kier molecular flexibility index (Phi) is 3.30. The summed E-state index contributed by atoms with van der Waals surface area (Å²) in [6.07, 6.45) is 13.8. The molecule has 8 heteroatoms. The number of hydrogen-bond donors (Lipinski definition) is 2. The molecule has 0 radical (unpaired) electrons. The number of nitrogens with zero attached hydrogens (tertiary/aromatic N) is 5. The predicted molar refractivity (Wildman–Crippen MR) is 108 cm³/mol. The topological polar surface area (TPSA) is 109 Å². The largest absolute Gasteiger partial charge is 0.472 e. The van der Waals surface area contributed by atoms with Gasteiger partial charge in [0.05, 0.1) is 47.3 Å². The summed E-state index contributed by atoms with van der Waals surface area (Å²) in [6.45, 7) is 0. The molecule has 6 aromatic rings. The molecular formula is C21H13N7O. The van der Waals surface area contributed by atoms with Crippen LogP contribution in [-0.4, -0.2) is 35.1 Å². The molecule has 138 valence electrons. The molecule has 0 fully saturated rings. The summed E-state index contributed by atoms with van der Waals surface area (Å²) >= 11 is 0. The number of fused-ring (bicyclic) bond motifs is 2. The van der Waals surface area contributed by atoms with Gasteiger partial charge in [0.1, 0.15) is 12.0 Å². The van der Waals surface area contributed by atoms with Gasteiger partial charge in [-0.3, -0.25) is 15.1 Å². The Bertz CT molecular complexity index is 1450. The summed E-state index contributed by atoms with van der Waals surface area (Å²) < 4.78 is 5.24. The molecule has 6 rings (SSSR count). The molecule has 0 bridgehead atoms. The minimum absolute atomic E-state index is 0.789. The number of aromatic amines is 2. The quantitative estimate of drug-likeness (QED) is 0.476. The number of furan rings is 1. The number of rotatable bonds is 3. The molecule has 0 saturated carbocycles. The van der Waals surface area contributed by atoms with Gasteiger partial charge in [0, 0.05) is 46.1 Å². The highest BCUT2D eigenvalue weighted by Crippen LogP contribution is 2.34. The van der Waals surface area contributed by atoms with Crippen molar-refractivity contribution in [3.63, 3.8) is 0 Å². The molecule has 0 aliphatic heterocycles. The third-order valence-electron chi connectivity index (χ3n) is 4.94. The molecule has 0 unspecified atom stereocenters. The van der Waals surface area contributed by atoms with Gasteiger partial charge in [-0.1, -0.05) is 0 Å². The van der Waals surface area contributed by atoms with E-state index in [-0.39, 0.29) is 0 Å². The lowest BCUT2D eigenvalue weighted by atomic mass is 10.1. The number of nitrogens with one attached hydrogen (secondary N) is 2. The zero-order valence-corrected chi connectivity index (χ0v) is 15.0. The van der Waals surface area contributed by atoms with Gasteiger partial charge in [-0.15, -0.1) is 0 Å². The van der Waals surface area contributed by atoms with Crippen LogP contribution >= 0.6 is 0 Å². The molecule has 6 aromatic heterocycles. The first-order chi connectivity index (χ1) is 14.4. The van der Waals surface area contributed by atoms with Crippen LogP contribution in [-0.2, 0) is 0 Å². The summed E-state index contributed by atoms with van der Waals surface area (Å²) in [5.41, 5.74) is 7.12. The van der Waals surface area contributed by atoms with Crippen molar-refractivity contribution in [1.82, 2.24) is 35.1 Å². The van der Waals surface area contributed by atoms with E-state index in [1.165, 1.54) is 6.33 Å². The van der Waals surface area contributed by atoms with Crippen molar-refractivity contribution >= 4 is 21.8 Å². The number of pyridine rings is 2. The number of hydrogen-bond acceptors (Lipinski definition) is 6. The molecule has 0 spiro atoms. The van der Waals surface area contributed by atoms with E-state index in [4.69, 9.17) is 4.42 Å². The molecule has 29 heavy (non-hydrogen) atoms.